The molecule has 7 nitrogen and oxygen atoms in total. The number of alkyl halides is 3. The number of hydrogen-bond acceptors (Lipinski definition) is 5. The van der Waals surface area contributed by atoms with Gasteiger partial charge in [-0.2, -0.15) is 13.2 Å². The number of urea groups is 1. The van der Waals surface area contributed by atoms with Crippen molar-refractivity contribution in [1.29, 1.82) is 0 Å². The van der Waals surface area contributed by atoms with Crippen LogP contribution in [0.2, 0.25) is 0 Å². The van der Waals surface area contributed by atoms with Crippen LogP contribution >= 0.6 is 11.3 Å². The molecule has 0 radical (unpaired) electrons. The number of carbonyl (C=O) groups excluding carboxylic acids is 1. The first-order valence-electron chi connectivity index (χ1n) is 7.28. The topological polar surface area (TPSA) is 83.3 Å². The number of thiazole rings is 1. The average Bonchev–Trinajstić information content (AvgIpc) is 3.17. The molecule has 0 aromatic carbocycles. The number of aryl methyl sites for hydroxylation is 1. The van der Waals surface area contributed by atoms with Crippen LogP contribution in [0.3, 0.4) is 0 Å². The first-order chi connectivity index (χ1) is 11.6. The van der Waals surface area contributed by atoms with Crippen molar-refractivity contribution in [2.45, 2.75) is 24.7 Å². The average molecular weight is 377 g/mol. The highest BCUT2D eigenvalue weighted by Crippen LogP contribution is 2.40. The van der Waals surface area contributed by atoms with Gasteiger partial charge in [-0.1, -0.05) is 0 Å². The summed E-state index contributed by atoms with van der Waals surface area (Å²) < 4.78 is 41.1. The zero-order valence-electron chi connectivity index (χ0n) is 13.6. The third kappa shape index (κ3) is 4.28. The summed E-state index contributed by atoms with van der Waals surface area (Å²) in [4.78, 5) is 20.9. The van der Waals surface area contributed by atoms with Crippen LogP contribution in [0.25, 0.3) is 0 Å². The quantitative estimate of drug-likeness (QED) is 0.805. The van der Waals surface area contributed by atoms with Crippen molar-refractivity contribution in [2.24, 2.45) is 7.05 Å². The van der Waals surface area contributed by atoms with E-state index >= 15 is 0 Å². The molecule has 0 aliphatic heterocycles. The SMILES string of the molecule is CN(Cc1cscn1)C(=O)NCC[C@@](O)(c1nccn1C)C(F)(F)F. The van der Waals surface area contributed by atoms with E-state index in [4.69, 9.17) is 0 Å². The number of carbonyl (C=O) groups is 1. The van der Waals surface area contributed by atoms with E-state index in [1.165, 1.54) is 42.7 Å². The Hall–Kier alpha value is -2.14. The van der Waals surface area contributed by atoms with Gasteiger partial charge in [-0.15, -0.1) is 11.3 Å². The molecule has 0 saturated carbocycles. The number of nitrogens with one attached hydrogen (secondary N) is 1. The lowest BCUT2D eigenvalue weighted by Crippen LogP contribution is -2.47. The summed E-state index contributed by atoms with van der Waals surface area (Å²) >= 11 is 1.38. The number of imidazole rings is 1. The van der Waals surface area contributed by atoms with E-state index in [1.807, 2.05) is 0 Å². The zero-order valence-corrected chi connectivity index (χ0v) is 14.4. The Morgan fingerprint density at radius 1 is 1.44 bits per heavy atom. The summed E-state index contributed by atoms with van der Waals surface area (Å²) in [5.41, 5.74) is -0.842. The van der Waals surface area contributed by atoms with Crippen LogP contribution in [0.4, 0.5) is 18.0 Å². The third-order valence-corrected chi connectivity index (χ3v) is 4.29. The van der Waals surface area contributed by atoms with E-state index in [9.17, 15) is 23.1 Å². The van der Waals surface area contributed by atoms with E-state index in [2.05, 4.69) is 15.3 Å². The summed E-state index contributed by atoms with van der Waals surface area (Å²) in [5, 5.41) is 14.3. The van der Waals surface area contributed by atoms with Gasteiger partial charge in [0.1, 0.15) is 5.82 Å². The van der Waals surface area contributed by atoms with Gasteiger partial charge in [-0.3, -0.25) is 0 Å². The van der Waals surface area contributed by atoms with Gasteiger partial charge < -0.3 is 19.9 Å². The molecule has 2 aromatic rings. The lowest BCUT2D eigenvalue weighted by Gasteiger charge is -2.30. The van der Waals surface area contributed by atoms with Crippen molar-refractivity contribution in [3.8, 4) is 0 Å². The second-order valence-corrected chi connectivity index (χ2v) is 6.26. The van der Waals surface area contributed by atoms with Gasteiger partial charge in [-0.05, 0) is 0 Å². The Morgan fingerprint density at radius 3 is 2.68 bits per heavy atom. The predicted molar refractivity (Wildman–Crippen MR) is 84.8 cm³/mol. The fraction of sp³-hybridized carbons (Fsp3) is 0.500. The van der Waals surface area contributed by atoms with Crippen molar-refractivity contribution >= 4 is 17.4 Å². The maximum Gasteiger partial charge on any atom is 0.424 e. The molecule has 2 N–H and O–H groups in total. The molecule has 0 spiro atoms. The monoisotopic (exact) mass is 377 g/mol. The van der Waals surface area contributed by atoms with Crippen LogP contribution in [0.15, 0.2) is 23.3 Å². The van der Waals surface area contributed by atoms with Crippen LogP contribution in [0, 0.1) is 0 Å². The first-order valence-corrected chi connectivity index (χ1v) is 8.22. The molecule has 0 unspecified atom stereocenters. The minimum atomic E-state index is -4.93. The number of aromatic nitrogens is 3. The highest BCUT2D eigenvalue weighted by Gasteiger charge is 2.57. The molecule has 0 fully saturated rings. The standard InChI is InChI=1S/C14H18F3N5O2S/c1-21-6-5-18-11(21)13(24,14(15,16)17)3-4-19-12(23)22(2)7-10-8-25-9-20-10/h5-6,8-9,24H,3-4,7H2,1-2H3,(H,19,23)/t13-/m1/s1. The molecule has 11 heteroatoms. The summed E-state index contributed by atoms with van der Waals surface area (Å²) in [5.74, 6) is -0.523. The Kier molecular flexibility index (Phi) is 5.68. The number of hydrogen-bond donors (Lipinski definition) is 2. The van der Waals surface area contributed by atoms with Gasteiger partial charge in [0.15, 0.2) is 0 Å². The lowest BCUT2D eigenvalue weighted by molar-refractivity contribution is -0.272. The molecule has 0 aliphatic rings. The van der Waals surface area contributed by atoms with Crippen LogP contribution < -0.4 is 5.32 Å². The van der Waals surface area contributed by atoms with Gasteiger partial charge >= 0.3 is 12.2 Å². The second-order valence-electron chi connectivity index (χ2n) is 5.54. The normalized spacial score (nSPS) is 14.2. The van der Waals surface area contributed by atoms with Crippen LogP contribution in [0.5, 0.6) is 0 Å². The number of amides is 2. The van der Waals surface area contributed by atoms with Gasteiger partial charge in [0.05, 0.1) is 17.7 Å². The van der Waals surface area contributed by atoms with E-state index < -0.39 is 30.1 Å². The maximum absolute atomic E-state index is 13.3. The summed E-state index contributed by atoms with van der Waals surface area (Å²) in [6, 6.07) is -0.558. The van der Waals surface area contributed by atoms with E-state index in [-0.39, 0.29) is 13.1 Å². The van der Waals surface area contributed by atoms with Crippen molar-refractivity contribution in [3.05, 3.63) is 34.8 Å². The molecule has 2 aromatic heterocycles. The van der Waals surface area contributed by atoms with Gasteiger partial charge in [0, 0.05) is 44.8 Å². The molecule has 138 valence electrons. The van der Waals surface area contributed by atoms with Crippen molar-refractivity contribution in [2.75, 3.05) is 13.6 Å². The predicted octanol–water partition coefficient (Wildman–Crippen LogP) is 1.86. The molecule has 0 bridgehead atoms. The number of nitrogens with zero attached hydrogens (tertiary/aromatic N) is 4. The molecule has 2 heterocycles. The fourth-order valence-corrected chi connectivity index (χ4v) is 2.81. The Morgan fingerprint density at radius 2 is 2.16 bits per heavy atom. The van der Waals surface area contributed by atoms with Crippen LogP contribution in [-0.4, -0.2) is 50.3 Å². The Balaban J connectivity index is 1.97. The molecule has 0 saturated heterocycles. The maximum atomic E-state index is 13.3. The minimum Gasteiger partial charge on any atom is -0.374 e. The minimum absolute atomic E-state index is 0.234. The zero-order chi connectivity index (χ0) is 18.7. The van der Waals surface area contributed by atoms with Crippen molar-refractivity contribution < 1.29 is 23.1 Å². The Labute approximate surface area is 146 Å². The summed E-state index contributed by atoms with van der Waals surface area (Å²) in [7, 11) is 2.86. The molecule has 2 amide bonds. The smallest absolute Gasteiger partial charge is 0.374 e. The molecule has 25 heavy (non-hydrogen) atoms. The van der Waals surface area contributed by atoms with Crippen LogP contribution in [0.1, 0.15) is 17.9 Å². The highest BCUT2D eigenvalue weighted by atomic mass is 32.1. The second kappa shape index (κ2) is 7.40. The Bertz CT molecular complexity index is 704. The number of aliphatic hydroxyl groups is 1. The van der Waals surface area contributed by atoms with E-state index in [0.29, 0.717) is 5.69 Å². The molecule has 2 rings (SSSR count). The third-order valence-electron chi connectivity index (χ3n) is 3.65. The van der Waals surface area contributed by atoms with E-state index in [1.54, 1.807) is 10.9 Å². The molecular weight excluding hydrogens is 359 g/mol. The molecule has 1 atom stereocenters. The molecule has 0 aliphatic carbocycles. The van der Waals surface area contributed by atoms with Gasteiger partial charge in [-0.25, -0.2) is 14.8 Å². The van der Waals surface area contributed by atoms with Gasteiger partial charge in [0.25, 0.3) is 0 Å². The fourth-order valence-electron chi connectivity index (χ4n) is 2.26. The molecular formula is C14H18F3N5O2S. The van der Waals surface area contributed by atoms with E-state index in [0.717, 1.165) is 4.57 Å². The summed E-state index contributed by atoms with van der Waals surface area (Å²) in [6.07, 6.45) is -3.19. The lowest BCUT2D eigenvalue weighted by atomic mass is 9.97. The summed E-state index contributed by atoms with van der Waals surface area (Å²) in [6.45, 7) is -0.138. The number of rotatable bonds is 6. The number of halogens is 3. The van der Waals surface area contributed by atoms with Gasteiger partial charge in [0.2, 0.25) is 5.60 Å². The van der Waals surface area contributed by atoms with Crippen molar-refractivity contribution in [3.63, 3.8) is 0 Å². The van der Waals surface area contributed by atoms with Crippen LogP contribution in [-0.2, 0) is 19.2 Å². The largest absolute Gasteiger partial charge is 0.424 e. The first kappa shape index (κ1) is 19.2. The highest BCUT2D eigenvalue weighted by molar-refractivity contribution is 7.07. The van der Waals surface area contributed by atoms with Crippen molar-refractivity contribution in [1.82, 2.24) is 24.8 Å².